The van der Waals surface area contributed by atoms with Crippen LogP contribution in [-0.2, 0) is 35.2 Å². The summed E-state index contributed by atoms with van der Waals surface area (Å²) in [5.41, 5.74) is -2.98. The maximum absolute atomic E-state index is 14.8. The highest BCUT2D eigenvalue weighted by atomic mass is 31.3. The zero-order valence-electron chi connectivity index (χ0n) is 18.3. The third-order valence-corrected chi connectivity index (χ3v) is 7.29. The molecule has 1 unspecified atom stereocenters. The van der Waals surface area contributed by atoms with E-state index in [1.54, 1.807) is 0 Å². The van der Waals surface area contributed by atoms with Crippen LogP contribution in [0, 0.1) is 6.92 Å². The second kappa shape index (κ2) is 10.3. The van der Waals surface area contributed by atoms with Crippen molar-refractivity contribution < 1.29 is 56.4 Å². The van der Waals surface area contributed by atoms with Crippen molar-refractivity contribution in [3.05, 3.63) is 68.5 Å². The molecule has 1 aliphatic heterocycles. The number of phosphoric ester groups is 1. The Morgan fingerprint density at radius 1 is 1.08 bits per heavy atom. The van der Waals surface area contributed by atoms with Crippen LogP contribution in [0.4, 0.5) is 8.78 Å². The van der Waals surface area contributed by atoms with Crippen molar-refractivity contribution in [2.45, 2.75) is 43.9 Å². The lowest BCUT2D eigenvalue weighted by Gasteiger charge is -2.22. The number of halogens is 2. The van der Waals surface area contributed by atoms with Crippen molar-refractivity contribution in [2.24, 2.45) is 0 Å². The van der Waals surface area contributed by atoms with Crippen LogP contribution in [0.2, 0.25) is 0 Å². The number of hydrogen-bond acceptors (Lipinski definition) is 9. The minimum Gasteiger partial charge on any atom is -0.387 e. The molecule has 0 spiro atoms. The summed E-state index contributed by atoms with van der Waals surface area (Å²) in [6, 6.07) is 6.43. The summed E-state index contributed by atoms with van der Waals surface area (Å²) in [4.78, 5) is 52.1. The smallest absolute Gasteiger partial charge is 0.387 e. The third kappa shape index (κ3) is 6.42. The molecule has 0 amide bonds. The van der Waals surface area contributed by atoms with Crippen molar-refractivity contribution in [2.75, 3.05) is 6.61 Å². The van der Waals surface area contributed by atoms with Gasteiger partial charge in [0.05, 0.1) is 13.2 Å². The van der Waals surface area contributed by atoms with Gasteiger partial charge in [0, 0.05) is 17.3 Å². The number of benzene rings is 1. The molecule has 0 aliphatic carbocycles. The summed E-state index contributed by atoms with van der Waals surface area (Å²) in [7, 11) is -10.8. The molecule has 14 nitrogen and oxygen atoms in total. The fourth-order valence-corrected chi connectivity index (χ4v) is 5.07. The second-order valence-corrected chi connectivity index (χ2v) is 10.7. The summed E-state index contributed by atoms with van der Waals surface area (Å²) in [6.45, 7) is -1.17. The maximum Gasteiger partial charge on any atom is 0.481 e. The number of alkyl halides is 2. The number of aliphatic hydroxyl groups is 2. The fraction of sp³-hybridized carbons (Fsp3) is 0.444. The van der Waals surface area contributed by atoms with E-state index < -0.39 is 76.1 Å². The molecule has 0 radical (unpaired) electrons. The molecule has 0 saturated carbocycles. The predicted octanol–water partition coefficient (Wildman–Crippen LogP) is -0.0441. The molecule has 18 heteroatoms. The summed E-state index contributed by atoms with van der Waals surface area (Å²) in [5, 5.41) is 20.6. The van der Waals surface area contributed by atoms with E-state index in [9.17, 15) is 42.6 Å². The normalized spacial score (nSPS) is 24.6. The van der Waals surface area contributed by atoms with E-state index in [1.165, 1.54) is 25.1 Å². The Kier molecular flexibility index (Phi) is 8.18. The van der Waals surface area contributed by atoms with Crippen molar-refractivity contribution in [1.29, 1.82) is 0 Å². The van der Waals surface area contributed by atoms with Gasteiger partial charge >= 0.3 is 21.3 Å². The molecule has 1 saturated heterocycles. The van der Waals surface area contributed by atoms with Gasteiger partial charge in [-0.25, -0.2) is 13.9 Å². The average molecular weight is 558 g/mol. The molecule has 3 rings (SSSR count). The van der Waals surface area contributed by atoms with Crippen LogP contribution in [0.1, 0.15) is 17.4 Å². The number of aliphatic hydroxyl groups excluding tert-OH is 2. The number of hydrogen-bond donors (Lipinski definition) is 5. The Labute approximate surface area is 200 Å². The fourth-order valence-electron chi connectivity index (χ4n) is 3.47. The zero-order valence-corrected chi connectivity index (χ0v) is 20.1. The van der Waals surface area contributed by atoms with Gasteiger partial charge in [-0.3, -0.25) is 18.5 Å². The molecule has 5 atom stereocenters. The van der Waals surface area contributed by atoms with Crippen LogP contribution in [0.25, 0.3) is 0 Å². The van der Waals surface area contributed by atoms with Crippen molar-refractivity contribution >= 4 is 15.6 Å². The summed E-state index contributed by atoms with van der Waals surface area (Å²) in [5.74, 6) is -3.64. The van der Waals surface area contributed by atoms with Crippen LogP contribution >= 0.6 is 15.6 Å². The molecule has 2 aromatic rings. The lowest BCUT2D eigenvalue weighted by atomic mass is 10.1. The Bertz CT molecular complexity index is 1310. The van der Waals surface area contributed by atoms with Gasteiger partial charge < -0.3 is 29.6 Å². The summed E-state index contributed by atoms with van der Waals surface area (Å²) < 4.78 is 66.1. The Morgan fingerprint density at radius 2 is 1.69 bits per heavy atom. The molecule has 200 valence electrons. The second-order valence-electron chi connectivity index (χ2n) is 7.85. The molecule has 2 heterocycles. The minimum absolute atomic E-state index is 0.182. The largest absolute Gasteiger partial charge is 0.481 e. The third-order valence-electron chi connectivity index (χ3n) is 5.14. The van der Waals surface area contributed by atoms with Gasteiger partial charge in [-0.1, -0.05) is 30.3 Å². The van der Waals surface area contributed by atoms with Gasteiger partial charge in [-0.05, 0) is 6.92 Å². The SMILES string of the molecule is Cc1cn([C@@H]2O[C@H](COP(=O)(O)OP(=O)(O)O)[C@H](O)[C@@H]2O)c(=O)n(CC(F)(F)c2ccccc2)c1=O. The molecule has 1 aromatic carbocycles. The highest BCUT2D eigenvalue weighted by Crippen LogP contribution is 2.57. The first-order valence-corrected chi connectivity index (χ1v) is 13.1. The molecular weight excluding hydrogens is 536 g/mol. The Hall–Kier alpha value is -2.10. The highest BCUT2D eigenvalue weighted by molar-refractivity contribution is 7.60. The first-order chi connectivity index (χ1) is 16.5. The lowest BCUT2D eigenvalue weighted by molar-refractivity contribution is -0.0570. The van der Waals surface area contributed by atoms with Crippen molar-refractivity contribution in [3.63, 3.8) is 0 Å². The molecule has 1 aromatic heterocycles. The van der Waals surface area contributed by atoms with Gasteiger partial charge in [0.15, 0.2) is 6.23 Å². The number of aryl methyl sites for hydroxylation is 1. The Balaban J connectivity index is 1.88. The molecule has 1 fully saturated rings. The van der Waals surface area contributed by atoms with Crippen LogP contribution in [0.5, 0.6) is 0 Å². The van der Waals surface area contributed by atoms with E-state index in [4.69, 9.17) is 14.5 Å². The molecule has 0 bridgehead atoms. The minimum atomic E-state index is -5.43. The molecule has 5 N–H and O–H groups in total. The van der Waals surface area contributed by atoms with E-state index in [-0.39, 0.29) is 10.1 Å². The highest BCUT2D eigenvalue weighted by Gasteiger charge is 2.46. The Morgan fingerprint density at radius 3 is 2.28 bits per heavy atom. The van der Waals surface area contributed by atoms with Gasteiger partial charge in [-0.2, -0.15) is 13.1 Å². The van der Waals surface area contributed by atoms with E-state index in [2.05, 4.69) is 8.83 Å². The number of phosphoric acid groups is 2. The van der Waals surface area contributed by atoms with E-state index in [0.717, 1.165) is 18.3 Å². The van der Waals surface area contributed by atoms with Crippen LogP contribution in [0.3, 0.4) is 0 Å². The molecule has 1 aliphatic rings. The van der Waals surface area contributed by atoms with E-state index in [1.807, 2.05) is 0 Å². The maximum atomic E-state index is 14.8. The summed E-state index contributed by atoms with van der Waals surface area (Å²) in [6.07, 6.45) is -6.25. The zero-order chi connectivity index (χ0) is 27.1. The lowest BCUT2D eigenvalue weighted by Crippen LogP contribution is -2.46. The van der Waals surface area contributed by atoms with Crippen molar-refractivity contribution in [3.8, 4) is 0 Å². The van der Waals surface area contributed by atoms with Gasteiger partial charge in [-0.15, -0.1) is 0 Å². The van der Waals surface area contributed by atoms with Gasteiger partial charge in [0.2, 0.25) is 0 Å². The van der Waals surface area contributed by atoms with Gasteiger partial charge in [0.25, 0.3) is 11.5 Å². The van der Waals surface area contributed by atoms with Crippen LogP contribution < -0.4 is 11.2 Å². The van der Waals surface area contributed by atoms with Crippen LogP contribution in [-0.4, -0.2) is 58.9 Å². The quantitative estimate of drug-likeness (QED) is 0.257. The van der Waals surface area contributed by atoms with E-state index >= 15 is 0 Å². The molecular formula is C18H22F2N2O12P2. The van der Waals surface area contributed by atoms with E-state index in [0.29, 0.717) is 4.57 Å². The monoisotopic (exact) mass is 558 g/mol. The first-order valence-electron chi connectivity index (χ1n) is 10.0. The summed E-state index contributed by atoms with van der Waals surface area (Å²) >= 11 is 0. The molecule has 36 heavy (non-hydrogen) atoms. The number of nitrogens with zero attached hydrogens (tertiary/aromatic N) is 2. The predicted molar refractivity (Wildman–Crippen MR) is 115 cm³/mol. The number of aromatic nitrogens is 2. The number of ether oxygens (including phenoxy) is 1. The first kappa shape index (κ1) is 28.5. The number of rotatable bonds is 9. The van der Waals surface area contributed by atoms with Gasteiger partial charge in [0.1, 0.15) is 18.3 Å². The van der Waals surface area contributed by atoms with Crippen LogP contribution in [0.15, 0.2) is 46.1 Å². The standard InChI is InChI=1S/C18H22F2N2O12P2/c1-10-7-21(17(26)22(15(10)25)9-18(19,20)11-5-3-2-4-6-11)16-14(24)13(23)12(33-16)8-32-36(30,31)34-35(27,28)29/h2-7,12-14,16,23-24H,8-9H2,1H3,(H,30,31)(H2,27,28,29)/t12-,13+,14+,16-/m1/s1. The average Bonchev–Trinajstić information content (AvgIpc) is 3.05. The topological polar surface area (TPSA) is 207 Å². The van der Waals surface area contributed by atoms with Crippen molar-refractivity contribution in [1.82, 2.24) is 9.13 Å².